The van der Waals surface area contributed by atoms with Crippen LogP contribution in [0.15, 0.2) is 53.3 Å². The number of hydrogen-bond acceptors (Lipinski definition) is 3. The van der Waals surface area contributed by atoms with Crippen LogP contribution in [0.3, 0.4) is 0 Å². The van der Waals surface area contributed by atoms with Gasteiger partial charge in [0.2, 0.25) is 0 Å². The van der Waals surface area contributed by atoms with Gasteiger partial charge in [-0.3, -0.25) is 4.79 Å². The van der Waals surface area contributed by atoms with E-state index < -0.39 is 0 Å². The van der Waals surface area contributed by atoms with Crippen molar-refractivity contribution in [1.82, 2.24) is 9.97 Å². The van der Waals surface area contributed by atoms with E-state index in [-0.39, 0.29) is 5.56 Å². The summed E-state index contributed by atoms with van der Waals surface area (Å²) >= 11 is 1.60. The lowest BCUT2D eigenvalue weighted by Crippen LogP contribution is -3.06. The van der Waals surface area contributed by atoms with Crippen molar-refractivity contribution in [2.24, 2.45) is 0 Å². The van der Waals surface area contributed by atoms with Gasteiger partial charge in [-0.15, -0.1) is 11.3 Å². The lowest BCUT2D eigenvalue weighted by atomic mass is 10.0. The zero-order chi connectivity index (χ0) is 20.5. The average molecular weight is 405 g/mol. The van der Waals surface area contributed by atoms with Crippen molar-refractivity contribution in [1.29, 1.82) is 0 Å². The molecule has 4 nitrogen and oxygen atoms in total. The van der Waals surface area contributed by atoms with Crippen molar-refractivity contribution in [3.8, 4) is 11.1 Å². The molecule has 1 atom stereocenters. The second-order valence-electron chi connectivity index (χ2n) is 7.83. The zero-order valence-corrected chi connectivity index (χ0v) is 18.1. The standard InChI is InChI=1S/C24H25N3OS/c1-15-9-11-18(12-10-15)21-17(3)29-24-22(21)23(28)25-20(26-24)14-27(4)13-19-8-6-5-7-16(19)2/h5-12H,13-14H2,1-4H3,(H,25,26,28)/p+1. The summed E-state index contributed by atoms with van der Waals surface area (Å²) in [4.78, 5) is 24.0. The SMILES string of the molecule is Cc1ccc(-c2c(C)sc3nc(C[NH+](C)Cc4ccccc4C)[nH]c(=O)c23)cc1. The lowest BCUT2D eigenvalue weighted by molar-refractivity contribution is -0.908. The molecule has 2 N–H and O–H groups in total. The number of quaternary nitrogens is 1. The number of nitrogens with one attached hydrogen (secondary N) is 2. The number of hydrogen-bond donors (Lipinski definition) is 2. The van der Waals surface area contributed by atoms with Gasteiger partial charge in [-0.2, -0.15) is 0 Å². The van der Waals surface area contributed by atoms with Gasteiger partial charge in [0, 0.05) is 16.0 Å². The number of benzene rings is 2. The van der Waals surface area contributed by atoms with Gasteiger partial charge in [-0.1, -0.05) is 54.1 Å². The van der Waals surface area contributed by atoms with Gasteiger partial charge in [0.05, 0.1) is 12.4 Å². The van der Waals surface area contributed by atoms with E-state index in [9.17, 15) is 4.79 Å². The Morgan fingerprint density at radius 2 is 1.72 bits per heavy atom. The quantitative estimate of drug-likeness (QED) is 0.532. The molecule has 148 valence electrons. The predicted molar refractivity (Wildman–Crippen MR) is 121 cm³/mol. The summed E-state index contributed by atoms with van der Waals surface area (Å²) in [6.45, 7) is 7.84. The number of rotatable bonds is 5. The molecule has 2 aromatic heterocycles. The molecule has 1 unspecified atom stereocenters. The van der Waals surface area contributed by atoms with Gasteiger partial charge < -0.3 is 9.88 Å². The molecule has 0 saturated heterocycles. The first-order valence-corrected chi connectivity index (χ1v) is 10.7. The van der Waals surface area contributed by atoms with Crippen LogP contribution in [0.1, 0.15) is 27.4 Å². The summed E-state index contributed by atoms with van der Waals surface area (Å²) in [5.74, 6) is 0.741. The van der Waals surface area contributed by atoms with E-state index in [2.05, 4.69) is 81.3 Å². The van der Waals surface area contributed by atoms with Gasteiger partial charge in [-0.25, -0.2) is 4.98 Å². The van der Waals surface area contributed by atoms with Crippen LogP contribution in [0.4, 0.5) is 0 Å². The molecule has 2 aromatic carbocycles. The first kappa shape index (κ1) is 19.6. The lowest BCUT2D eigenvalue weighted by Gasteiger charge is -2.14. The highest BCUT2D eigenvalue weighted by Crippen LogP contribution is 2.35. The number of aromatic nitrogens is 2. The molecule has 4 aromatic rings. The van der Waals surface area contributed by atoms with E-state index in [1.54, 1.807) is 11.3 Å². The van der Waals surface area contributed by atoms with Crippen molar-refractivity contribution < 1.29 is 4.90 Å². The van der Waals surface area contributed by atoms with Crippen molar-refractivity contribution in [3.05, 3.63) is 86.3 Å². The van der Waals surface area contributed by atoms with E-state index in [0.717, 1.165) is 33.2 Å². The largest absolute Gasteiger partial charge is 0.327 e. The highest BCUT2D eigenvalue weighted by molar-refractivity contribution is 7.19. The van der Waals surface area contributed by atoms with E-state index in [1.807, 2.05) is 0 Å². The van der Waals surface area contributed by atoms with Crippen molar-refractivity contribution in [2.75, 3.05) is 7.05 Å². The second kappa shape index (κ2) is 7.93. The maximum absolute atomic E-state index is 13.0. The minimum absolute atomic E-state index is 0.0476. The fraction of sp³-hybridized carbons (Fsp3) is 0.250. The fourth-order valence-electron chi connectivity index (χ4n) is 3.80. The smallest absolute Gasteiger partial charge is 0.260 e. The predicted octanol–water partition coefficient (Wildman–Crippen LogP) is 3.79. The molecule has 0 amide bonds. The summed E-state index contributed by atoms with van der Waals surface area (Å²) in [7, 11) is 2.13. The highest BCUT2D eigenvalue weighted by atomic mass is 32.1. The summed E-state index contributed by atoms with van der Waals surface area (Å²) in [5, 5.41) is 0.705. The first-order chi connectivity index (χ1) is 13.9. The highest BCUT2D eigenvalue weighted by Gasteiger charge is 2.18. The Bertz CT molecular complexity index is 1220. The topological polar surface area (TPSA) is 50.2 Å². The molecule has 0 bridgehead atoms. The van der Waals surface area contributed by atoms with Crippen molar-refractivity contribution >= 4 is 21.6 Å². The average Bonchev–Trinajstić information content (AvgIpc) is 3.00. The number of thiophene rings is 1. The third-order valence-corrected chi connectivity index (χ3v) is 6.35. The van der Waals surface area contributed by atoms with Gasteiger partial charge in [0.15, 0.2) is 5.82 Å². The molecule has 0 aliphatic carbocycles. The van der Waals surface area contributed by atoms with E-state index in [1.165, 1.54) is 21.6 Å². The fourth-order valence-corrected chi connectivity index (χ4v) is 4.86. The molecule has 0 aliphatic rings. The van der Waals surface area contributed by atoms with Crippen molar-refractivity contribution in [2.45, 2.75) is 33.9 Å². The van der Waals surface area contributed by atoms with Gasteiger partial charge in [0.25, 0.3) is 5.56 Å². The molecule has 0 spiro atoms. The van der Waals surface area contributed by atoms with Gasteiger partial charge >= 0.3 is 0 Å². The number of nitrogens with zero attached hydrogens (tertiary/aromatic N) is 1. The monoisotopic (exact) mass is 404 g/mol. The number of aromatic amines is 1. The minimum atomic E-state index is -0.0476. The van der Waals surface area contributed by atoms with Crippen LogP contribution in [0.2, 0.25) is 0 Å². The minimum Gasteiger partial charge on any atom is -0.327 e. The number of aryl methyl sites for hydroxylation is 3. The van der Waals surface area contributed by atoms with Crippen LogP contribution >= 0.6 is 11.3 Å². The molecule has 5 heteroatoms. The number of fused-ring (bicyclic) bond motifs is 1. The maximum Gasteiger partial charge on any atom is 0.260 e. The van der Waals surface area contributed by atoms with E-state index >= 15 is 0 Å². The van der Waals surface area contributed by atoms with Crippen LogP contribution in [-0.4, -0.2) is 17.0 Å². The van der Waals surface area contributed by atoms with Crippen LogP contribution < -0.4 is 10.5 Å². The number of H-pyrrole nitrogens is 1. The molecule has 0 fully saturated rings. The summed E-state index contributed by atoms with van der Waals surface area (Å²) in [5.41, 5.74) is 5.85. The van der Waals surface area contributed by atoms with Crippen LogP contribution in [0.5, 0.6) is 0 Å². The van der Waals surface area contributed by atoms with Crippen molar-refractivity contribution in [3.63, 3.8) is 0 Å². The van der Waals surface area contributed by atoms with Gasteiger partial charge in [-0.05, 0) is 31.9 Å². The Morgan fingerprint density at radius 1 is 1.00 bits per heavy atom. The maximum atomic E-state index is 13.0. The summed E-state index contributed by atoms with van der Waals surface area (Å²) in [6, 6.07) is 16.8. The van der Waals surface area contributed by atoms with Gasteiger partial charge in [0.1, 0.15) is 17.9 Å². The second-order valence-corrected chi connectivity index (χ2v) is 9.03. The molecule has 0 radical (unpaired) electrons. The first-order valence-electron chi connectivity index (χ1n) is 9.87. The summed E-state index contributed by atoms with van der Waals surface area (Å²) in [6.07, 6.45) is 0. The van der Waals surface area contributed by atoms with E-state index in [4.69, 9.17) is 4.98 Å². The Morgan fingerprint density at radius 3 is 2.45 bits per heavy atom. The molecule has 0 aliphatic heterocycles. The third kappa shape index (κ3) is 4.02. The van der Waals surface area contributed by atoms with E-state index in [0.29, 0.717) is 11.9 Å². The molecule has 0 saturated carbocycles. The Hall–Kier alpha value is -2.76. The van der Waals surface area contributed by atoms with Crippen LogP contribution in [0, 0.1) is 20.8 Å². The Kier molecular flexibility index (Phi) is 5.35. The van der Waals surface area contributed by atoms with Crippen LogP contribution in [-0.2, 0) is 13.1 Å². The zero-order valence-electron chi connectivity index (χ0n) is 17.3. The molecule has 2 heterocycles. The Balaban J connectivity index is 1.65. The Labute approximate surface area is 174 Å². The van der Waals surface area contributed by atoms with Crippen LogP contribution in [0.25, 0.3) is 21.3 Å². The molecule has 4 rings (SSSR count). The molecular weight excluding hydrogens is 378 g/mol. The normalized spacial score (nSPS) is 12.4. The molecule has 29 heavy (non-hydrogen) atoms. The molecular formula is C24H26N3OS+. The summed E-state index contributed by atoms with van der Waals surface area (Å²) < 4.78 is 0. The third-order valence-electron chi connectivity index (χ3n) is 5.35.